The number of methoxy groups -OCH3 is 1. The summed E-state index contributed by atoms with van der Waals surface area (Å²) in [5.41, 5.74) is 0. The van der Waals surface area contributed by atoms with Crippen LogP contribution in [0.15, 0.2) is 0 Å². The van der Waals surface area contributed by atoms with Crippen LogP contribution in [-0.4, -0.2) is 58.0 Å². The molecular formula is C10H19NO4S. The molecule has 1 saturated heterocycles. The average Bonchev–Trinajstić information content (AvgIpc) is 2.25. The summed E-state index contributed by atoms with van der Waals surface area (Å²) in [5, 5.41) is 0. The molecule has 1 heterocycles. The van der Waals surface area contributed by atoms with Crippen LogP contribution in [0.4, 0.5) is 0 Å². The molecule has 5 nitrogen and oxygen atoms in total. The van der Waals surface area contributed by atoms with Gasteiger partial charge in [0, 0.05) is 19.3 Å². The molecule has 0 radical (unpaired) electrons. The lowest BCUT2D eigenvalue weighted by Crippen LogP contribution is -2.41. The highest BCUT2D eigenvalue weighted by atomic mass is 32.2. The van der Waals surface area contributed by atoms with Gasteiger partial charge in [0.25, 0.3) is 0 Å². The van der Waals surface area contributed by atoms with E-state index in [1.165, 1.54) is 13.4 Å². The second kappa shape index (κ2) is 5.63. The molecule has 94 valence electrons. The standard InChI is InChI=1S/C10H19NO4S/c1-15-10(12)9-4-3-5-11(8-9)6-7-16(2,13)14/h9H,3-8H2,1-2H3/t9-/m0/s1. The molecule has 0 saturated carbocycles. The van der Waals surface area contributed by atoms with Gasteiger partial charge in [-0.15, -0.1) is 0 Å². The molecule has 1 fully saturated rings. The summed E-state index contributed by atoms with van der Waals surface area (Å²) >= 11 is 0. The summed E-state index contributed by atoms with van der Waals surface area (Å²) in [5.74, 6) is -0.136. The zero-order valence-electron chi connectivity index (χ0n) is 9.81. The second-order valence-electron chi connectivity index (χ2n) is 4.29. The van der Waals surface area contributed by atoms with Crippen molar-refractivity contribution < 1.29 is 17.9 Å². The Labute approximate surface area is 96.7 Å². The smallest absolute Gasteiger partial charge is 0.309 e. The summed E-state index contributed by atoms with van der Waals surface area (Å²) in [6.45, 7) is 1.98. The molecule has 1 rings (SSSR count). The number of hydrogen-bond acceptors (Lipinski definition) is 5. The topological polar surface area (TPSA) is 63.7 Å². The quantitative estimate of drug-likeness (QED) is 0.652. The second-order valence-corrected chi connectivity index (χ2v) is 6.55. The SMILES string of the molecule is COC(=O)[C@H]1CCCN(CCS(C)(=O)=O)C1. The van der Waals surface area contributed by atoms with Crippen LogP contribution in [0.2, 0.25) is 0 Å². The van der Waals surface area contributed by atoms with Gasteiger partial charge >= 0.3 is 5.97 Å². The Bertz CT molecular complexity index is 339. The van der Waals surface area contributed by atoms with Crippen molar-refractivity contribution >= 4 is 15.8 Å². The van der Waals surface area contributed by atoms with E-state index >= 15 is 0 Å². The van der Waals surface area contributed by atoms with E-state index < -0.39 is 9.84 Å². The number of carbonyl (C=O) groups excluding carboxylic acids is 1. The molecular weight excluding hydrogens is 230 g/mol. The lowest BCUT2D eigenvalue weighted by molar-refractivity contribution is -0.147. The summed E-state index contributed by atoms with van der Waals surface area (Å²) in [4.78, 5) is 13.4. The molecule has 6 heteroatoms. The van der Waals surface area contributed by atoms with Gasteiger partial charge in [-0.25, -0.2) is 8.42 Å². The summed E-state index contributed by atoms with van der Waals surface area (Å²) in [7, 11) is -1.54. The predicted molar refractivity (Wildman–Crippen MR) is 60.9 cm³/mol. The number of rotatable bonds is 4. The molecule has 0 amide bonds. The summed E-state index contributed by atoms with van der Waals surface area (Å²) < 4.78 is 26.8. The molecule has 0 aromatic carbocycles. The Kier molecular flexibility index (Phi) is 4.73. The molecule has 0 bridgehead atoms. The highest BCUT2D eigenvalue weighted by molar-refractivity contribution is 7.90. The minimum Gasteiger partial charge on any atom is -0.469 e. The first-order valence-electron chi connectivity index (χ1n) is 5.40. The molecule has 0 aromatic rings. The first-order chi connectivity index (χ1) is 7.42. The third kappa shape index (κ3) is 4.49. The predicted octanol–water partition coefficient (Wildman–Crippen LogP) is -0.0840. The summed E-state index contributed by atoms with van der Waals surface area (Å²) in [6, 6.07) is 0. The minimum atomic E-state index is -2.92. The van der Waals surface area contributed by atoms with Crippen LogP contribution in [0.1, 0.15) is 12.8 Å². The molecule has 0 spiro atoms. The van der Waals surface area contributed by atoms with Gasteiger partial charge in [0.1, 0.15) is 9.84 Å². The number of sulfone groups is 1. The van der Waals surface area contributed by atoms with Gasteiger partial charge in [0.15, 0.2) is 0 Å². The molecule has 16 heavy (non-hydrogen) atoms. The Balaban J connectivity index is 2.42. The minimum absolute atomic E-state index is 0.0988. The number of ether oxygens (including phenoxy) is 1. The van der Waals surface area contributed by atoms with Crippen LogP contribution in [0.25, 0.3) is 0 Å². The van der Waals surface area contributed by atoms with E-state index in [9.17, 15) is 13.2 Å². The zero-order valence-corrected chi connectivity index (χ0v) is 10.6. The van der Waals surface area contributed by atoms with Crippen molar-refractivity contribution in [2.24, 2.45) is 5.92 Å². The Hall–Kier alpha value is -0.620. The largest absolute Gasteiger partial charge is 0.469 e. The van der Waals surface area contributed by atoms with E-state index in [1.54, 1.807) is 0 Å². The van der Waals surface area contributed by atoms with E-state index in [1.807, 2.05) is 4.90 Å². The molecule has 1 aliphatic heterocycles. The molecule has 0 aliphatic carbocycles. The van der Waals surface area contributed by atoms with Crippen LogP contribution >= 0.6 is 0 Å². The van der Waals surface area contributed by atoms with E-state index in [2.05, 4.69) is 0 Å². The van der Waals surface area contributed by atoms with Crippen LogP contribution < -0.4 is 0 Å². The van der Waals surface area contributed by atoms with Crippen LogP contribution in [-0.2, 0) is 19.4 Å². The van der Waals surface area contributed by atoms with Gasteiger partial charge in [-0.3, -0.25) is 4.79 Å². The monoisotopic (exact) mass is 249 g/mol. The maximum absolute atomic E-state index is 11.3. The van der Waals surface area contributed by atoms with Crippen molar-refractivity contribution in [3.63, 3.8) is 0 Å². The number of hydrogen-bond donors (Lipinski definition) is 0. The summed E-state index contributed by atoms with van der Waals surface area (Å²) in [6.07, 6.45) is 2.99. The molecule has 0 aromatic heterocycles. The average molecular weight is 249 g/mol. The van der Waals surface area contributed by atoms with Crippen LogP contribution in [0, 0.1) is 5.92 Å². The molecule has 1 aliphatic rings. The third-order valence-corrected chi connectivity index (χ3v) is 3.74. The van der Waals surface area contributed by atoms with Gasteiger partial charge in [0.2, 0.25) is 0 Å². The Morgan fingerprint density at radius 3 is 2.75 bits per heavy atom. The fourth-order valence-electron chi connectivity index (χ4n) is 1.91. The fourth-order valence-corrected chi connectivity index (χ4v) is 2.50. The fraction of sp³-hybridized carbons (Fsp3) is 0.900. The Morgan fingerprint density at radius 1 is 1.50 bits per heavy atom. The van der Waals surface area contributed by atoms with Crippen molar-refractivity contribution in [2.45, 2.75) is 12.8 Å². The van der Waals surface area contributed by atoms with E-state index in [0.29, 0.717) is 13.1 Å². The number of carbonyl (C=O) groups is 1. The van der Waals surface area contributed by atoms with E-state index in [-0.39, 0.29) is 17.6 Å². The lowest BCUT2D eigenvalue weighted by atomic mass is 9.98. The normalized spacial score (nSPS) is 23.0. The van der Waals surface area contributed by atoms with Crippen molar-refractivity contribution in [3.8, 4) is 0 Å². The van der Waals surface area contributed by atoms with Crippen molar-refractivity contribution in [1.29, 1.82) is 0 Å². The number of esters is 1. The maximum atomic E-state index is 11.3. The number of nitrogens with zero attached hydrogens (tertiary/aromatic N) is 1. The highest BCUT2D eigenvalue weighted by Gasteiger charge is 2.26. The molecule has 0 N–H and O–H groups in total. The molecule has 1 atom stereocenters. The first-order valence-corrected chi connectivity index (χ1v) is 7.46. The Morgan fingerprint density at radius 2 is 2.19 bits per heavy atom. The van der Waals surface area contributed by atoms with Gasteiger partial charge in [0.05, 0.1) is 18.8 Å². The number of piperidine rings is 1. The lowest BCUT2D eigenvalue weighted by Gasteiger charge is -2.30. The van der Waals surface area contributed by atoms with Crippen LogP contribution in [0.5, 0.6) is 0 Å². The third-order valence-electron chi connectivity index (χ3n) is 2.82. The van der Waals surface area contributed by atoms with Gasteiger partial charge in [-0.2, -0.15) is 0 Å². The van der Waals surface area contributed by atoms with Crippen molar-refractivity contribution in [2.75, 3.05) is 38.8 Å². The highest BCUT2D eigenvalue weighted by Crippen LogP contribution is 2.17. The van der Waals surface area contributed by atoms with Gasteiger partial charge in [-0.1, -0.05) is 0 Å². The van der Waals surface area contributed by atoms with Gasteiger partial charge < -0.3 is 9.64 Å². The molecule has 0 unspecified atom stereocenters. The maximum Gasteiger partial charge on any atom is 0.309 e. The van der Waals surface area contributed by atoms with E-state index in [4.69, 9.17) is 4.74 Å². The van der Waals surface area contributed by atoms with Crippen molar-refractivity contribution in [1.82, 2.24) is 4.90 Å². The van der Waals surface area contributed by atoms with E-state index in [0.717, 1.165) is 19.4 Å². The zero-order chi connectivity index (χ0) is 12.2. The number of likely N-dealkylation sites (tertiary alicyclic amines) is 1. The first kappa shape index (κ1) is 13.4. The van der Waals surface area contributed by atoms with Gasteiger partial charge in [-0.05, 0) is 19.4 Å². The van der Waals surface area contributed by atoms with Crippen LogP contribution in [0.3, 0.4) is 0 Å². The van der Waals surface area contributed by atoms with Crippen molar-refractivity contribution in [3.05, 3.63) is 0 Å².